The van der Waals surface area contributed by atoms with Crippen LogP contribution in [0.5, 0.6) is 0 Å². The molecular weight excluding hydrogens is 318 g/mol. The summed E-state index contributed by atoms with van der Waals surface area (Å²) in [5, 5.41) is 3.11. The van der Waals surface area contributed by atoms with E-state index in [1.54, 1.807) is 43.6 Å². The van der Waals surface area contributed by atoms with Crippen molar-refractivity contribution < 1.29 is 8.42 Å². The van der Waals surface area contributed by atoms with E-state index in [0.717, 1.165) is 22.8 Å². The molecule has 1 aromatic heterocycles. The van der Waals surface area contributed by atoms with Gasteiger partial charge in [0.05, 0.1) is 15.6 Å². The van der Waals surface area contributed by atoms with Gasteiger partial charge in [-0.3, -0.25) is 4.90 Å². The van der Waals surface area contributed by atoms with Gasteiger partial charge in [-0.05, 0) is 31.7 Å². The summed E-state index contributed by atoms with van der Waals surface area (Å²) in [6.45, 7) is 3.41. The molecule has 0 fully saturated rings. The predicted molar refractivity (Wildman–Crippen MR) is 89.3 cm³/mol. The minimum atomic E-state index is -3.39. The molecule has 0 aliphatic heterocycles. The smallest absolute Gasteiger partial charge is 0.242 e. The average molecular weight is 339 g/mol. The molecule has 0 saturated carbocycles. The summed E-state index contributed by atoms with van der Waals surface area (Å²) in [6.07, 6.45) is 0. The fourth-order valence-corrected chi connectivity index (χ4v) is 3.72. The number of hydrogen-bond acceptors (Lipinski definition) is 5. The standard InChI is InChI=1S/C15H21N3O2S2/c1-12-16-14(11-21-12)10-18(4)9-13-6-5-7-15(8-13)22(19,20)17(2)3/h5-8,11H,9-10H2,1-4H3. The van der Waals surface area contributed by atoms with Gasteiger partial charge in [0.1, 0.15) is 0 Å². The van der Waals surface area contributed by atoms with Crippen LogP contribution in [-0.4, -0.2) is 43.7 Å². The van der Waals surface area contributed by atoms with Gasteiger partial charge in [0.2, 0.25) is 10.0 Å². The number of aromatic nitrogens is 1. The molecule has 0 atom stereocenters. The first kappa shape index (κ1) is 17.1. The lowest BCUT2D eigenvalue weighted by molar-refractivity contribution is 0.315. The maximum absolute atomic E-state index is 12.2. The molecular formula is C15H21N3O2S2. The van der Waals surface area contributed by atoms with Crippen LogP contribution in [0.4, 0.5) is 0 Å². The Balaban J connectivity index is 2.10. The van der Waals surface area contributed by atoms with Crippen molar-refractivity contribution in [3.63, 3.8) is 0 Å². The summed E-state index contributed by atoms with van der Waals surface area (Å²) < 4.78 is 25.6. The van der Waals surface area contributed by atoms with Crippen LogP contribution in [0.2, 0.25) is 0 Å². The van der Waals surface area contributed by atoms with Crippen molar-refractivity contribution in [3.05, 3.63) is 45.9 Å². The maximum Gasteiger partial charge on any atom is 0.242 e. The van der Waals surface area contributed by atoms with Crippen molar-refractivity contribution in [1.82, 2.24) is 14.2 Å². The van der Waals surface area contributed by atoms with Crippen molar-refractivity contribution in [2.24, 2.45) is 0 Å². The van der Waals surface area contributed by atoms with Crippen molar-refractivity contribution in [2.75, 3.05) is 21.1 Å². The molecule has 0 saturated heterocycles. The van der Waals surface area contributed by atoms with Gasteiger partial charge in [0, 0.05) is 32.6 Å². The molecule has 2 rings (SSSR count). The second-order valence-corrected chi connectivity index (χ2v) is 8.68. The highest BCUT2D eigenvalue weighted by Crippen LogP contribution is 2.17. The molecule has 5 nitrogen and oxygen atoms in total. The van der Waals surface area contributed by atoms with Gasteiger partial charge < -0.3 is 0 Å². The van der Waals surface area contributed by atoms with Crippen LogP contribution >= 0.6 is 11.3 Å². The van der Waals surface area contributed by atoms with Crippen molar-refractivity contribution >= 4 is 21.4 Å². The second-order valence-electron chi connectivity index (χ2n) is 5.46. The summed E-state index contributed by atoms with van der Waals surface area (Å²) in [5.41, 5.74) is 2.01. The zero-order chi connectivity index (χ0) is 16.3. The molecule has 120 valence electrons. The largest absolute Gasteiger partial charge is 0.296 e. The molecule has 2 aromatic rings. The Morgan fingerprint density at radius 3 is 2.50 bits per heavy atom. The number of rotatable bonds is 6. The van der Waals surface area contributed by atoms with Gasteiger partial charge in [-0.25, -0.2) is 17.7 Å². The zero-order valence-corrected chi connectivity index (χ0v) is 14.9. The Labute approximate surface area is 136 Å². The molecule has 0 unspecified atom stereocenters. The third-order valence-electron chi connectivity index (χ3n) is 3.23. The summed E-state index contributed by atoms with van der Waals surface area (Å²) in [4.78, 5) is 6.89. The van der Waals surface area contributed by atoms with Crippen LogP contribution in [0.1, 0.15) is 16.3 Å². The number of thiazole rings is 1. The summed E-state index contributed by atoms with van der Waals surface area (Å²) in [5.74, 6) is 0. The lowest BCUT2D eigenvalue weighted by atomic mass is 10.2. The number of aryl methyl sites for hydroxylation is 1. The monoisotopic (exact) mass is 339 g/mol. The quantitative estimate of drug-likeness (QED) is 0.810. The van der Waals surface area contributed by atoms with E-state index in [4.69, 9.17) is 0 Å². The lowest BCUT2D eigenvalue weighted by Crippen LogP contribution is -2.22. The number of sulfonamides is 1. The molecule has 0 radical (unpaired) electrons. The van der Waals surface area contributed by atoms with Crippen molar-refractivity contribution in [1.29, 1.82) is 0 Å². The summed E-state index contributed by atoms with van der Waals surface area (Å²) in [6, 6.07) is 7.09. The second kappa shape index (κ2) is 6.87. The van der Waals surface area contributed by atoms with Crippen LogP contribution in [-0.2, 0) is 23.1 Å². The van der Waals surface area contributed by atoms with Crippen LogP contribution < -0.4 is 0 Å². The molecule has 7 heteroatoms. The van der Waals surface area contributed by atoms with Crippen molar-refractivity contribution in [2.45, 2.75) is 24.9 Å². The topological polar surface area (TPSA) is 53.5 Å². The third-order valence-corrected chi connectivity index (χ3v) is 5.86. The van der Waals surface area contributed by atoms with Crippen LogP contribution in [0.3, 0.4) is 0 Å². The van der Waals surface area contributed by atoms with E-state index in [9.17, 15) is 8.42 Å². The highest BCUT2D eigenvalue weighted by Gasteiger charge is 2.17. The predicted octanol–water partition coefficient (Wildman–Crippen LogP) is 2.33. The van der Waals surface area contributed by atoms with Crippen molar-refractivity contribution in [3.8, 4) is 0 Å². The first-order valence-electron chi connectivity index (χ1n) is 6.90. The molecule has 0 spiro atoms. The molecule has 0 aliphatic carbocycles. The first-order chi connectivity index (χ1) is 10.3. The molecule has 1 heterocycles. The van der Waals surface area contributed by atoms with Gasteiger partial charge in [-0.1, -0.05) is 12.1 Å². The van der Waals surface area contributed by atoms with Crippen LogP contribution in [0.15, 0.2) is 34.5 Å². The van der Waals surface area contributed by atoms with Gasteiger partial charge in [0.25, 0.3) is 0 Å². The van der Waals surface area contributed by atoms with E-state index in [-0.39, 0.29) is 0 Å². The molecule has 0 bridgehead atoms. The average Bonchev–Trinajstić information content (AvgIpc) is 2.84. The van der Waals surface area contributed by atoms with E-state index < -0.39 is 10.0 Å². The van der Waals surface area contributed by atoms with Gasteiger partial charge in [0.15, 0.2) is 0 Å². The number of benzene rings is 1. The summed E-state index contributed by atoms with van der Waals surface area (Å²) >= 11 is 1.64. The minimum absolute atomic E-state index is 0.327. The molecule has 0 aliphatic rings. The first-order valence-corrected chi connectivity index (χ1v) is 9.22. The highest BCUT2D eigenvalue weighted by atomic mass is 32.2. The Morgan fingerprint density at radius 1 is 1.18 bits per heavy atom. The van der Waals surface area contributed by atoms with E-state index in [2.05, 4.69) is 15.3 Å². The SMILES string of the molecule is Cc1nc(CN(C)Cc2cccc(S(=O)(=O)N(C)C)c2)cs1. The molecule has 0 N–H and O–H groups in total. The number of nitrogens with zero attached hydrogens (tertiary/aromatic N) is 3. The Bertz CT molecular complexity index is 739. The molecule has 1 aromatic carbocycles. The van der Waals surface area contributed by atoms with Gasteiger partial charge in [-0.2, -0.15) is 0 Å². The normalized spacial score (nSPS) is 12.3. The van der Waals surface area contributed by atoms with E-state index >= 15 is 0 Å². The van der Waals surface area contributed by atoms with Crippen LogP contribution in [0, 0.1) is 6.92 Å². The molecule has 0 amide bonds. The van der Waals surface area contributed by atoms with Gasteiger partial charge in [-0.15, -0.1) is 11.3 Å². The zero-order valence-electron chi connectivity index (χ0n) is 13.3. The lowest BCUT2D eigenvalue weighted by Gasteiger charge is -2.17. The minimum Gasteiger partial charge on any atom is -0.296 e. The van der Waals surface area contributed by atoms with Crippen LogP contribution in [0.25, 0.3) is 0 Å². The third kappa shape index (κ3) is 4.13. The Morgan fingerprint density at radius 2 is 1.91 bits per heavy atom. The fraction of sp³-hybridized carbons (Fsp3) is 0.400. The molecule has 22 heavy (non-hydrogen) atoms. The Kier molecular flexibility index (Phi) is 5.33. The summed E-state index contributed by atoms with van der Waals surface area (Å²) in [7, 11) is 1.70. The Hall–Kier alpha value is -1.28. The van der Waals surface area contributed by atoms with E-state index in [1.807, 2.05) is 20.0 Å². The maximum atomic E-state index is 12.2. The van der Waals surface area contributed by atoms with Gasteiger partial charge >= 0.3 is 0 Å². The van der Waals surface area contributed by atoms with E-state index in [0.29, 0.717) is 11.4 Å². The highest BCUT2D eigenvalue weighted by molar-refractivity contribution is 7.89. The fourth-order valence-electron chi connectivity index (χ4n) is 2.14. The van der Waals surface area contributed by atoms with E-state index in [1.165, 1.54) is 4.31 Å². The number of hydrogen-bond donors (Lipinski definition) is 0.